The zero-order chi connectivity index (χ0) is 18.7. The lowest BCUT2D eigenvalue weighted by molar-refractivity contribution is -0.140. The number of carbonyl (C=O) groups is 3. The van der Waals surface area contributed by atoms with E-state index in [9.17, 15) is 14.4 Å². The number of nitrogens with zero attached hydrogens (tertiary/aromatic N) is 2. The maximum atomic E-state index is 12.2. The van der Waals surface area contributed by atoms with Gasteiger partial charge in [-0.3, -0.25) is 14.4 Å². The van der Waals surface area contributed by atoms with Crippen molar-refractivity contribution in [1.82, 2.24) is 20.6 Å². The fourth-order valence-corrected chi connectivity index (χ4v) is 2.68. The third kappa shape index (κ3) is 8.30. The molecule has 0 unspecified atom stereocenters. The van der Waals surface area contributed by atoms with Gasteiger partial charge in [-0.15, -0.1) is 0 Å². The number of rotatable bonds is 10. The monoisotopic (exact) mass is 432 g/mol. The van der Waals surface area contributed by atoms with Crippen LogP contribution >= 0.6 is 27.7 Å². The van der Waals surface area contributed by atoms with Crippen molar-refractivity contribution in [3.05, 3.63) is 16.4 Å². The Morgan fingerprint density at radius 3 is 2.76 bits per heavy atom. The Bertz CT molecular complexity index is 615. The van der Waals surface area contributed by atoms with E-state index < -0.39 is 5.91 Å². The lowest BCUT2D eigenvalue weighted by Crippen LogP contribution is -2.37. The first kappa shape index (κ1) is 21.4. The number of hydrogen-bond donors (Lipinski definition) is 2. The summed E-state index contributed by atoms with van der Waals surface area (Å²) in [4.78, 5) is 43.1. The molecule has 2 N–H and O–H groups in total. The van der Waals surface area contributed by atoms with E-state index in [2.05, 4.69) is 41.3 Å². The first-order valence-electron chi connectivity index (χ1n) is 7.75. The van der Waals surface area contributed by atoms with Gasteiger partial charge in [-0.1, -0.05) is 18.7 Å². The summed E-state index contributed by atoms with van der Waals surface area (Å²) >= 11 is 4.70. The van der Waals surface area contributed by atoms with Crippen molar-refractivity contribution < 1.29 is 19.1 Å². The summed E-state index contributed by atoms with van der Waals surface area (Å²) in [6.07, 6.45) is 3.20. The second-order valence-corrected chi connectivity index (χ2v) is 6.83. The van der Waals surface area contributed by atoms with Gasteiger partial charge in [0.05, 0.1) is 18.1 Å². The molecule has 1 aromatic rings. The number of ether oxygens (including phenoxy) is 1. The summed E-state index contributed by atoms with van der Waals surface area (Å²) in [6, 6.07) is 0. The standard InChI is InChI=1S/C15H21BrN4O4S/c1-3-7-25-15-19-8-10(16)13(20-15)14(23)18-9-11(21)17-6-4-5-12(22)24-2/h8H,3-7,9H2,1-2H3,(H,17,21)(H,18,23). The molecule has 10 heteroatoms. The molecule has 0 saturated carbocycles. The number of nitrogens with one attached hydrogen (secondary N) is 2. The third-order valence-corrected chi connectivity index (χ3v) is 4.54. The average Bonchev–Trinajstić information content (AvgIpc) is 2.62. The van der Waals surface area contributed by atoms with Crippen molar-refractivity contribution in [2.45, 2.75) is 31.3 Å². The maximum Gasteiger partial charge on any atom is 0.305 e. The van der Waals surface area contributed by atoms with Crippen molar-refractivity contribution in [2.24, 2.45) is 0 Å². The molecule has 0 aliphatic carbocycles. The first-order valence-corrected chi connectivity index (χ1v) is 9.52. The zero-order valence-electron chi connectivity index (χ0n) is 14.1. The highest BCUT2D eigenvalue weighted by Gasteiger charge is 2.15. The van der Waals surface area contributed by atoms with Gasteiger partial charge in [0, 0.05) is 24.9 Å². The number of amides is 2. The fourth-order valence-electron chi connectivity index (χ4n) is 1.64. The van der Waals surface area contributed by atoms with Crippen LogP contribution in [-0.4, -0.2) is 53.7 Å². The van der Waals surface area contributed by atoms with Gasteiger partial charge in [0.25, 0.3) is 5.91 Å². The Morgan fingerprint density at radius 1 is 1.32 bits per heavy atom. The summed E-state index contributed by atoms with van der Waals surface area (Å²) in [5, 5.41) is 5.64. The molecule has 0 saturated heterocycles. The van der Waals surface area contributed by atoms with Gasteiger partial charge in [0.2, 0.25) is 5.91 Å². The van der Waals surface area contributed by atoms with Crippen LogP contribution in [0.3, 0.4) is 0 Å². The molecule has 0 aliphatic heterocycles. The van der Waals surface area contributed by atoms with Crippen molar-refractivity contribution in [2.75, 3.05) is 26.0 Å². The molecule has 0 radical (unpaired) electrons. The zero-order valence-corrected chi connectivity index (χ0v) is 16.5. The lowest BCUT2D eigenvalue weighted by Gasteiger charge is -2.08. The smallest absolute Gasteiger partial charge is 0.305 e. The van der Waals surface area contributed by atoms with Gasteiger partial charge >= 0.3 is 5.97 Å². The van der Waals surface area contributed by atoms with Crippen LogP contribution in [0.5, 0.6) is 0 Å². The maximum absolute atomic E-state index is 12.2. The van der Waals surface area contributed by atoms with Crippen LogP contribution in [0.15, 0.2) is 15.8 Å². The topological polar surface area (TPSA) is 110 Å². The summed E-state index contributed by atoms with van der Waals surface area (Å²) in [6.45, 7) is 2.20. The van der Waals surface area contributed by atoms with Crippen molar-refractivity contribution >= 4 is 45.5 Å². The molecular formula is C15H21BrN4O4S. The average molecular weight is 433 g/mol. The van der Waals surface area contributed by atoms with Crippen LogP contribution in [0.25, 0.3) is 0 Å². The van der Waals surface area contributed by atoms with Crippen LogP contribution in [0, 0.1) is 0 Å². The molecule has 0 spiro atoms. The number of esters is 1. The highest BCUT2D eigenvalue weighted by molar-refractivity contribution is 9.10. The fraction of sp³-hybridized carbons (Fsp3) is 0.533. The van der Waals surface area contributed by atoms with E-state index in [4.69, 9.17) is 0 Å². The van der Waals surface area contributed by atoms with Crippen molar-refractivity contribution in [3.8, 4) is 0 Å². The highest BCUT2D eigenvalue weighted by Crippen LogP contribution is 2.19. The van der Waals surface area contributed by atoms with Gasteiger partial charge in [0.15, 0.2) is 5.16 Å². The minimum absolute atomic E-state index is 0.176. The van der Waals surface area contributed by atoms with Crippen LogP contribution < -0.4 is 10.6 Å². The highest BCUT2D eigenvalue weighted by atomic mass is 79.9. The number of methoxy groups -OCH3 is 1. The summed E-state index contributed by atoms with van der Waals surface area (Å²) in [5.74, 6) is -0.273. The largest absolute Gasteiger partial charge is 0.469 e. The molecule has 1 rings (SSSR count). The summed E-state index contributed by atoms with van der Waals surface area (Å²) in [5.41, 5.74) is 0.187. The van der Waals surface area contributed by atoms with Crippen LogP contribution in [0.2, 0.25) is 0 Å². The first-order chi connectivity index (χ1) is 12.0. The molecule has 138 valence electrons. The SMILES string of the molecule is CCCSc1ncc(Br)c(C(=O)NCC(=O)NCCCC(=O)OC)n1. The molecule has 1 heterocycles. The molecular weight excluding hydrogens is 412 g/mol. The molecule has 25 heavy (non-hydrogen) atoms. The Labute approximate surface area is 159 Å². The van der Waals surface area contributed by atoms with Gasteiger partial charge in [-0.2, -0.15) is 0 Å². The number of halogens is 1. The Hall–Kier alpha value is -1.68. The summed E-state index contributed by atoms with van der Waals surface area (Å²) in [7, 11) is 1.31. The number of thioether (sulfide) groups is 1. The third-order valence-electron chi connectivity index (χ3n) is 2.89. The second kappa shape index (κ2) is 11.8. The van der Waals surface area contributed by atoms with Gasteiger partial charge in [-0.25, -0.2) is 9.97 Å². The van der Waals surface area contributed by atoms with Crippen LogP contribution in [0.4, 0.5) is 0 Å². The predicted molar refractivity (Wildman–Crippen MR) is 97.3 cm³/mol. The van der Waals surface area contributed by atoms with E-state index >= 15 is 0 Å². The quantitative estimate of drug-likeness (QED) is 0.249. The van der Waals surface area contributed by atoms with Gasteiger partial charge in [-0.05, 0) is 28.8 Å². The molecule has 0 aromatic carbocycles. The van der Waals surface area contributed by atoms with E-state index in [-0.39, 0.29) is 30.5 Å². The normalized spacial score (nSPS) is 10.2. The second-order valence-electron chi connectivity index (χ2n) is 4.91. The molecule has 0 fully saturated rings. The van der Waals surface area contributed by atoms with E-state index in [0.29, 0.717) is 22.6 Å². The summed E-state index contributed by atoms with van der Waals surface area (Å²) < 4.78 is 4.97. The van der Waals surface area contributed by atoms with Crippen molar-refractivity contribution in [1.29, 1.82) is 0 Å². The van der Waals surface area contributed by atoms with Gasteiger partial charge in [0.1, 0.15) is 5.69 Å². The molecule has 0 aliphatic rings. The number of hydrogen-bond acceptors (Lipinski definition) is 7. The molecule has 1 aromatic heterocycles. The lowest BCUT2D eigenvalue weighted by atomic mass is 10.3. The van der Waals surface area contributed by atoms with Crippen molar-refractivity contribution in [3.63, 3.8) is 0 Å². The van der Waals surface area contributed by atoms with Crippen LogP contribution in [0.1, 0.15) is 36.7 Å². The van der Waals surface area contributed by atoms with E-state index in [0.717, 1.165) is 12.2 Å². The molecule has 8 nitrogen and oxygen atoms in total. The van der Waals surface area contributed by atoms with E-state index in [1.807, 2.05) is 6.92 Å². The number of carbonyl (C=O) groups excluding carboxylic acids is 3. The molecule has 2 amide bonds. The number of aromatic nitrogens is 2. The van der Waals surface area contributed by atoms with Crippen LogP contribution in [-0.2, 0) is 14.3 Å². The molecule has 0 atom stereocenters. The Morgan fingerprint density at radius 2 is 2.08 bits per heavy atom. The van der Waals surface area contributed by atoms with Gasteiger partial charge < -0.3 is 15.4 Å². The minimum atomic E-state index is -0.461. The molecule has 0 bridgehead atoms. The Balaban J connectivity index is 2.42. The minimum Gasteiger partial charge on any atom is -0.469 e. The predicted octanol–water partition coefficient (Wildman–Crippen LogP) is 1.54. The Kier molecular flexibility index (Phi) is 10.1. The van der Waals surface area contributed by atoms with E-state index in [1.165, 1.54) is 25.1 Å². The van der Waals surface area contributed by atoms with E-state index in [1.54, 1.807) is 0 Å².